The summed E-state index contributed by atoms with van der Waals surface area (Å²) in [7, 11) is -3.79. The second kappa shape index (κ2) is 12.9. The summed E-state index contributed by atoms with van der Waals surface area (Å²) in [4.78, 5) is 28.7. The SMILES string of the molecule is CCNC(=O)C(Cc1ccccc1)N(Cc1ccccc1C)C(=O)CN(c1ccc(Br)cc1)S(C)(=O)=O. The minimum Gasteiger partial charge on any atom is -0.355 e. The molecule has 0 aliphatic rings. The van der Waals surface area contributed by atoms with E-state index in [1.54, 1.807) is 24.3 Å². The third kappa shape index (κ3) is 7.90. The molecule has 0 bridgehead atoms. The number of anilines is 1. The van der Waals surface area contributed by atoms with Crippen molar-refractivity contribution in [3.8, 4) is 0 Å². The fraction of sp³-hybridized carbons (Fsp3) is 0.286. The molecule has 1 atom stereocenters. The number of sulfonamides is 1. The van der Waals surface area contributed by atoms with Crippen molar-refractivity contribution in [2.75, 3.05) is 23.7 Å². The summed E-state index contributed by atoms with van der Waals surface area (Å²) in [6.07, 6.45) is 1.36. The monoisotopic (exact) mass is 585 g/mol. The first-order chi connectivity index (χ1) is 17.6. The van der Waals surface area contributed by atoms with Crippen molar-refractivity contribution in [3.63, 3.8) is 0 Å². The van der Waals surface area contributed by atoms with Crippen LogP contribution < -0.4 is 9.62 Å². The molecule has 0 fully saturated rings. The molecule has 0 heterocycles. The van der Waals surface area contributed by atoms with Crippen LogP contribution in [0.2, 0.25) is 0 Å². The first-order valence-electron chi connectivity index (χ1n) is 12.0. The largest absolute Gasteiger partial charge is 0.355 e. The molecule has 0 aliphatic heterocycles. The van der Waals surface area contributed by atoms with E-state index in [9.17, 15) is 18.0 Å². The normalized spacial score (nSPS) is 12.0. The average molecular weight is 587 g/mol. The number of benzene rings is 3. The van der Waals surface area contributed by atoms with Gasteiger partial charge in [0.2, 0.25) is 21.8 Å². The lowest BCUT2D eigenvalue weighted by Gasteiger charge is -2.33. The molecule has 0 radical (unpaired) electrons. The van der Waals surface area contributed by atoms with E-state index in [0.717, 1.165) is 31.7 Å². The minimum absolute atomic E-state index is 0.165. The summed E-state index contributed by atoms with van der Waals surface area (Å²) in [6, 6.07) is 23.0. The third-order valence-corrected chi connectivity index (χ3v) is 7.69. The number of carbonyl (C=O) groups excluding carboxylic acids is 2. The lowest BCUT2D eigenvalue weighted by Crippen LogP contribution is -2.53. The topological polar surface area (TPSA) is 86.8 Å². The van der Waals surface area contributed by atoms with E-state index in [-0.39, 0.29) is 12.5 Å². The first-order valence-corrected chi connectivity index (χ1v) is 14.6. The van der Waals surface area contributed by atoms with E-state index in [1.165, 1.54) is 4.90 Å². The molecule has 3 aromatic carbocycles. The van der Waals surface area contributed by atoms with E-state index in [4.69, 9.17) is 0 Å². The summed E-state index contributed by atoms with van der Waals surface area (Å²) in [5.41, 5.74) is 3.12. The number of carbonyl (C=O) groups is 2. The van der Waals surface area contributed by atoms with Crippen LogP contribution in [-0.2, 0) is 32.6 Å². The van der Waals surface area contributed by atoms with Gasteiger partial charge in [0.1, 0.15) is 12.6 Å². The van der Waals surface area contributed by atoms with E-state index >= 15 is 0 Å². The quantitative estimate of drug-likeness (QED) is 0.363. The molecule has 7 nitrogen and oxygen atoms in total. The zero-order chi connectivity index (χ0) is 27.0. The van der Waals surface area contributed by atoms with Crippen LogP contribution in [0, 0.1) is 6.92 Å². The fourth-order valence-corrected chi connectivity index (χ4v) is 5.15. The second-order valence-electron chi connectivity index (χ2n) is 8.79. The maximum Gasteiger partial charge on any atom is 0.244 e. The Kier molecular flexibility index (Phi) is 9.88. The molecule has 0 aliphatic carbocycles. The van der Waals surface area contributed by atoms with E-state index in [1.807, 2.05) is 68.4 Å². The van der Waals surface area contributed by atoms with Gasteiger partial charge in [-0.2, -0.15) is 0 Å². The van der Waals surface area contributed by atoms with Crippen LogP contribution >= 0.6 is 15.9 Å². The molecule has 196 valence electrons. The Morgan fingerprint density at radius 3 is 2.16 bits per heavy atom. The van der Waals surface area contributed by atoms with Crippen molar-refractivity contribution in [2.45, 2.75) is 32.9 Å². The van der Waals surface area contributed by atoms with Gasteiger partial charge >= 0.3 is 0 Å². The molecule has 0 aromatic heterocycles. The van der Waals surface area contributed by atoms with Gasteiger partial charge in [-0.15, -0.1) is 0 Å². The van der Waals surface area contributed by atoms with Crippen LogP contribution in [0.1, 0.15) is 23.6 Å². The third-order valence-electron chi connectivity index (χ3n) is 6.02. The minimum atomic E-state index is -3.79. The number of likely N-dealkylation sites (N-methyl/N-ethyl adjacent to an activating group) is 1. The Morgan fingerprint density at radius 2 is 1.57 bits per heavy atom. The van der Waals surface area contributed by atoms with Crippen LogP contribution in [0.15, 0.2) is 83.3 Å². The smallest absolute Gasteiger partial charge is 0.244 e. The van der Waals surface area contributed by atoms with Crippen molar-refractivity contribution in [1.29, 1.82) is 0 Å². The van der Waals surface area contributed by atoms with Gasteiger partial charge in [-0.1, -0.05) is 70.5 Å². The van der Waals surface area contributed by atoms with E-state index in [0.29, 0.717) is 18.7 Å². The molecule has 0 saturated carbocycles. The summed E-state index contributed by atoms with van der Waals surface area (Å²) in [5.74, 6) is -0.758. The van der Waals surface area contributed by atoms with Crippen molar-refractivity contribution in [3.05, 3.63) is 100 Å². The molecule has 9 heteroatoms. The lowest BCUT2D eigenvalue weighted by atomic mass is 10.0. The number of nitrogens with zero attached hydrogens (tertiary/aromatic N) is 2. The molecule has 3 rings (SSSR count). The van der Waals surface area contributed by atoms with Crippen molar-refractivity contribution in [2.24, 2.45) is 0 Å². The lowest BCUT2D eigenvalue weighted by molar-refractivity contribution is -0.140. The summed E-state index contributed by atoms with van der Waals surface area (Å²) >= 11 is 3.36. The van der Waals surface area contributed by atoms with Gasteiger partial charge < -0.3 is 10.2 Å². The van der Waals surface area contributed by atoms with Gasteiger partial charge in [-0.25, -0.2) is 8.42 Å². The highest BCUT2D eigenvalue weighted by atomic mass is 79.9. The Bertz CT molecular complexity index is 1310. The predicted octanol–water partition coefficient (Wildman–Crippen LogP) is 4.30. The number of rotatable bonds is 11. The van der Waals surface area contributed by atoms with Gasteiger partial charge in [0.25, 0.3) is 0 Å². The van der Waals surface area contributed by atoms with Gasteiger partial charge in [0.15, 0.2) is 0 Å². The maximum absolute atomic E-state index is 13.9. The van der Waals surface area contributed by atoms with Crippen LogP contribution in [0.4, 0.5) is 5.69 Å². The molecule has 2 amide bonds. The van der Waals surface area contributed by atoms with Gasteiger partial charge in [-0.05, 0) is 54.8 Å². The number of aryl methyl sites for hydroxylation is 1. The first kappa shape index (κ1) is 28.4. The van der Waals surface area contributed by atoms with Crippen LogP contribution in [0.5, 0.6) is 0 Å². The zero-order valence-electron chi connectivity index (χ0n) is 21.2. The maximum atomic E-state index is 13.9. The van der Waals surface area contributed by atoms with Crippen molar-refractivity contribution in [1.82, 2.24) is 10.2 Å². The molecule has 0 saturated heterocycles. The van der Waals surface area contributed by atoms with E-state index < -0.39 is 28.5 Å². The molecular weight excluding hydrogens is 554 g/mol. The molecule has 1 unspecified atom stereocenters. The highest BCUT2D eigenvalue weighted by Gasteiger charge is 2.33. The Labute approximate surface area is 227 Å². The van der Waals surface area contributed by atoms with Crippen LogP contribution in [-0.4, -0.2) is 50.5 Å². The standard InChI is InChI=1S/C28H32BrN3O4S/c1-4-30-28(34)26(18-22-11-6-5-7-12-22)31(19-23-13-9-8-10-21(23)2)27(33)20-32(37(3,35)36)25-16-14-24(29)15-17-25/h5-17,26H,4,18-20H2,1-3H3,(H,30,34). The van der Waals surface area contributed by atoms with Crippen molar-refractivity contribution < 1.29 is 18.0 Å². The highest BCUT2D eigenvalue weighted by molar-refractivity contribution is 9.10. The van der Waals surface area contributed by atoms with Crippen molar-refractivity contribution >= 4 is 43.5 Å². The summed E-state index contributed by atoms with van der Waals surface area (Å²) in [6.45, 7) is 3.91. The number of hydrogen-bond acceptors (Lipinski definition) is 4. The Hall–Kier alpha value is -3.17. The second-order valence-corrected chi connectivity index (χ2v) is 11.6. The molecule has 0 spiro atoms. The van der Waals surface area contributed by atoms with Gasteiger partial charge in [0, 0.05) is 24.0 Å². The molecule has 1 N–H and O–H groups in total. The van der Waals surface area contributed by atoms with E-state index in [2.05, 4.69) is 21.2 Å². The molecule has 37 heavy (non-hydrogen) atoms. The summed E-state index contributed by atoms with van der Waals surface area (Å²) < 4.78 is 27.4. The Morgan fingerprint density at radius 1 is 0.946 bits per heavy atom. The molecule has 3 aromatic rings. The fourth-order valence-electron chi connectivity index (χ4n) is 4.04. The van der Waals surface area contributed by atoms with Gasteiger partial charge in [0.05, 0.1) is 11.9 Å². The van der Waals surface area contributed by atoms with Crippen LogP contribution in [0.25, 0.3) is 0 Å². The number of amides is 2. The number of nitrogens with one attached hydrogen (secondary N) is 1. The predicted molar refractivity (Wildman–Crippen MR) is 151 cm³/mol. The van der Waals surface area contributed by atoms with Gasteiger partial charge in [-0.3, -0.25) is 13.9 Å². The molecular formula is C28H32BrN3O4S. The number of hydrogen-bond donors (Lipinski definition) is 1. The van der Waals surface area contributed by atoms with Crippen LogP contribution in [0.3, 0.4) is 0 Å². The zero-order valence-corrected chi connectivity index (χ0v) is 23.6. The average Bonchev–Trinajstić information content (AvgIpc) is 2.86. The Balaban J connectivity index is 2.04. The number of halogens is 1. The highest BCUT2D eigenvalue weighted by Crippen LogP contribution is 2.23. The summed E-state index contributed by atoms with van der Waals surface area (Å²) in [5, 5.41) is 2.85.